The van der Waals surface area contributed by atoms with Crippen LogP contribution in [0.4, 0.5) is 0 Å². The van der Waals surface area contributed by atoms with Crippen LogP contribution in [0.5, 0.6) is 11.5 Å². The Morgan fingerprint density at radius 3 is 2.15 bits per heavy atom. The summed E-state index contributed by atoms with van der Waals surface area (Å²) in [6.07, 6.45) is 0. The number of aromatic nitrogens is 1. The summed E-state index contributed by atoms with van der Waals surface area (Å²) in [6.45, 7) is 3.96. The molecule has 2 heterocycles. The summed E-state index contributed by atoms with van der Waals surface area (Å²) >= 11 is 1.70. The first-order valence-corrected chi connectivity index (χ1v) is 12.0. The predicted molar refractivity (Wildman–Crippen MR) is 132 cm³/mol. The molecule has 0 unspecified atom stereocenters. The second-order valence-corrected chi connectivity index (χ2v) is 8.94. The number of para-hydroxylation sites is 1. The SMILES string of the molecule is O=C(c1ccc(Oc2ccccc2)cc1)N1CCN(Cc2nc(-c3ccccc3)cs2)CC1. The third-order valence-corrected chi connectivity index (χ3v) is 6.55. The average molecular weight is 456 g/mol. The maximum Gasteiger partial charge on any atom is 0.253 e. The van der Waals surface area contributed by atoms with E-state index in [1.807, 2.05) is 77.7 Å². The maximum atomic E-state index is 13.0. The molecule has 6 heteroatoms. The van der Waals surface area contributed by atoms with E-state index >= 15 is 0 Å². The first kappa shape index (κ1) is 21.4. The van der Waals surface area contributed by atoms with Gasteiger partial charge in [-0.2, -0.15) is 0 Å². The number of piperazine rings is 1. The van der Waals surface area contributed by atoms with Crippen molar-refractivity contribution in [3.05, 3.63) is 101 Å². The zero-order valence-corrected chi connectivity index (χ0v) is 19.1. The molecule has 3 aromatic carbocycles. The van der Waals surface area contributed by atoms with Gasteiger partial charge < -0.3 is 9.64 Å². The molecule has 0 saturated carbocycles. The molecule has 1 saturated heterocycles. The summed E-state index contributed by atoms with van der Waals surface area (Å²) in [4.78, 5) is 22.1. The van der Waals surface area contributed by atoms with E-state index in [1.165, 1.54) is 0 Å². The number of hydrogen-bond acceptors (Lipinski definition) is 5. The van der Waals surface area contributed by atoms with Crippen LogP contribution in [-0.4, -0.2) is 46.9 Å². The van der Waals surface area contributed by atoms with Crippen LogP contribution in [-0.2, 0) is 6.54 Å². The molecule has 5 rings (SSSR count). The fourth-order valence-corrected chi connectivity index (χ4v) is 4.74. The van der Waals surface area contributed by atoms with Crippen LogP contribution in [0, 0.1) is 0 Å². The Kier molecular flexibility index (Phi) is 6.46. The van der Waals surface area contributed by atoms with Gasteiger partial charge in [0.2, 0.25) is 0 Å². The van der Waals surface area contributed by atoms with Gasteiger partial charge in [-0.3, -0.25) is 9.69 Å². The minimum absolute atomic E-state index is 0.0709. The fourth-order valence-electron chi connectivity index (χ4n) is 3.90. The molecule has 0 aliphatic carbocycles. The number of rotatable bonds is 6. The molecule has 0 atom stereocenters. The van der Waals surface area contributed by atoms with Gasteiger partial charge in [0.1, 0.15) is 16.5 Å². The lowest BCUT2D eigenvalue weighted by molar-refractivity contribution is 0.0628. The molecule has 1 aromatic heterocycles. The largest absolute Gasteiger partial charge is 0.457 e. The van der Waals surface area contributed by atoms with Gasteiger partial charge in [-0.1, -0.05) is 48.5 Å². The molecular formula is C27H25N3O2S. The van der Waals surface area contributed by atoms with Gasteiger partial charge in [-0.05, 0) is 36.4 Å². The van der Waals surface area contributed by atoms with Crippen LogP contribution >= 0.6 is 11.3 Å². The molecule has 0 spiro atoms. The monoisotopic (exact) mass is 455 g/mol. The Morgan fingerprint density at radius 2 is 1.45 bits per heavy atom. The zero-order chi connectivity index (χ0) is 22.5. The van der Waals surface area contributed by atoms with Crippen LogP contribution in [0.15, 0.2) is 90.3 Å². The lowest BCUT2D eigenvalue weighted by atomic mass is 10.1. The van der Waals surface area contributed by atoms with Gasteiger partial charge in [0.25, 0.3) is 5.91 Å². The van der Waals surface area contributed by atoms with Gasteiger partial charge in [0, 0.05) is 42.7 Å². The highest BCUT2D eigenvalue weighted by Gasteiger charge is 2.23. The van der Waals surface area contributed by atoms with Crippen molar-refractivity contribution in [3.63, 3.8) is 0 Å². The molecule has 1 aliphatic rings. The molecule has 0 bridgehead atoms. The van der Waals surface area contributed by atoms with E-state index in [-0.39, 0.29) is 5.91 Å². The van der Waals surface area contributed by atoms with Crippen molar-refractivity contribution in [2.75, 3.05) is 26.2 Å². The summed E-state index contributed by atoms with van der Waals surface area (Å²) in [7, 11) is 0. The summed E-state index contributed by atoms with van der Waals surface area (Å²) in [6, 6.07) is 27.3. The molecule has 166 valence electrons. The second kappa shape index (κ2) is 9.98. The smallest absolute Gasteiger partial charge is 0.253 e. The molecular weight excluding hydrogens is 430 g/mol. The van der Waals surface area contributed by atoms with Crippen molar-refractivity contribution < 1.29 is 9.53 Å². The number of benzene rings is 3. The maximum absolute atomic E-state index is 13.0. The van der Waals surface area contributed by atoms with Gasteiger partial charge >= 0.3 is 0 Å². The van der Waals surface area contributed by atoms with E-state index in [4.69, 9.17) is 9.72 Å². The molecule has 0 radical (unpaired) electrons. The summed E-state index contributed by atoms with van der Waals surface area (Å²) in [5, 5.41) is 3.23. The number of carbonyl (C=O) groups excluding carboxylic acids is 1. The Balaban J connectivity index is 1.13. The number of nitrogens with zero attached hydrogens (tertiary/aromatic N) is 3. The molecule has 1 aliphatic heterocycles. The summed E-state index contributed by atoms with van der Waals surface area (Å²) < 4.78 is 5.82. The third kappa shape index (κ3) is 5.30. The first-order valence-electron chi connectivity index (χ1n) is 11.1. The molecule has 4 aromatic rings. The van der Waals surface area contributed by atoms with Crippen LogP contribution in [0.2, 0.25) is 0 Å². The van der Waals surface area contributed by atoms with E-state index in [2.05, 4.69) is 22.4 Å². The van der Waals surface area contributed by atoms with Crippen molar-refractivity contribution >= 4 is 17.2 Å². The minimum atomic E-state index is 0.0709. The Bertz CT molecular complexity index is 1190. The lowest BCUT2D eigenvalue weighted by Gasteiger charge is -2.34. The van der Waals surface area contributed by atoms with E-state index in [9.17, 15) is 4.79 Å². The Hall–Kier alpha value is -3.48. The first-order chi connectivity index (χ1) is 16.2. The number of amides is 1. The predicted octanol–water partition coefficient (Wildman–Crippen LogP) is 5.56. The van der Waals surface area contributed by atoms with Crippen LogP contribution in [0.1, 0.15) is 15.4 Å². The van der Waals surface area contributed by atoms with E-state index in [0.717, 1.165) is 60.5 Å². The topological polar surface area (TPSA) is 45.7 Å². The molecule has 5 nitrogen and oxygen atoms in total. The number of hydrogen-bond donors (Lipinski definition) is 0. The minimum Gasteiger partial charge on any atom is -0.457 e. The highest BCUT2D eigenvalue weighted by molar-refractivity contribution is 7.09. The van der Waals surface area contributed by atoms with Crippen LogP contribution in [0.3, 0.4) is 0 Å². The van der Waals surface area contributed by atoms with E-state index in [0.29, 0.717) is 5.56 Å². The standard InChI is InChI=1S/C27H25N3O2S/c31-27(22-11-13-24(14-12-22)32-23-9-5-2-6-10-23)30-17-15-29(16-18-30)19-26-28-25(20-33-26)21-7-3-1-4-8-21/h1-14,20H,15-19H2. The van der Waals surface area contributed by atoms with Crippen molar-refractivity contribution in [3.8, 4) is 22.8 Å². The van der Waals surface area contributed by atoms with Gasteiger partial charge in [0.05, 0.1) is 12.2 Å². The Labute approximate surface area is 197 Å². The lowest BCUT2D eigenvalue weighted by Crippen LogP contribution is -2.48. The van der Waals surface area contributed by atoms with Crippen molar-refractivity contribution in [1.29, 1.82) is 0 Å². The molecule has 1 amide bonds. The zero-order valence-electron chi connectivity index (χ0n) is 18.3. The fraction of sp³-hybridized carbons (Fsp3) is 0.185. The normalized spacial score (nSPS) is 14.2. The highest BCUT2D eigenvalue weighted by atomic mass is 32.1. The van der Waals surface area contributed by atoms with Crippen LogP contribution < -0.4 is 4.74 Å². The summed E-state index contributed by atoms with van der Waals surface area (Å²) in [5.41, 5.74) is 2.87. The molecule has 1 fully saturated rings. The van der Waals surface area contributed by atoms with Crippen molar-refractivity contribution in [2.24, 2.45) is 0 Å². The second-order valence-electron chi connectivity index (χ2n) is 8.00. The van der Waals surface area contributed by atoms with E-state index < -0.39 is 0 Å². The van der Waals surface area contributed by atoms with Gasteiger partial charge in [0.15, 0.2) is 0 Å². The van der Waals surface area contributed by atoms with Gasteiger partial charge in [-0.15, -0.1) is 11.3 Å². The van der Waals surface area contributed by atoms with Crippen molar-refractivity contribution in [2.45, 2.75) is 6.54 Å². The van der Waals surface area contributed by atoms with Gasteiger partial charge in [-0.25, -0.2) is 4.98 Å². The number of ether oxygens (including phenoxy) is 1. The summed E-state index contributed by atoms with van der Waals surface area (Å²) in [5.74, 6) is 1.58. The van der Waals surface area contributed by atoms with Crippen LogP contribution in [0.25, 0.3) is 11.3 Å². The molecule has 0 N–H and O–H groups in total. The third-order valence-electron chi connectivity index (χ3n) is 5.72. The average Bonchev–Trinajstić information content (AvgIpc) is 3.34. The number of carbonyl (C=O) groups is 1. The van der Waals surface area contributed by atoms with Crippen molar-refractivity contribution in [1.82, 2.24) is 14.8 Å². The highest BCUT2D eigenvalue weighted by Crippen LogP contribution is 2.24. The Morgan fingerprint density at radius 1 is 0.818 bits per heavy atom. The van der Waals surface area contributed by atoms with E-state index in [1.54, 1.807) is 11.3 Å². The number of thiazole rings is 1. The molecule has 33 heavy (non-hydrogen) atoms. The quantitative estimate of drug-likeness (QED) is 0.382.